The Bertz CT molecular complexity index is 366. The zero-order chi connectivity index (χ0) is 11.3. The van der Waals surface area contributed by atoms with Crippen molar-refractivity contribution >= 4 is 11.6 Å². The molecule has 0 heterocycles. The predicted molar refractivity (Wildman–Crippen MR) is 62.0 cm³/mol. The standard InChI is InChI=1S/C12H16N2O/c1-4-10(3)13-14-12(15)11-7-5-9(2)6-8-11/h5-8H,4H2,1-3H3,(H,14,15). The van der Waals surface area contributed by atoms with Crippen molar-refractivity contribution in [2.24, 2.45) is 5.10 Å². The number of hydrazone groups is 1. The lowest BCUT2D eigenvalue weighted by Gasteiger charge is -2.01. The van der Waals surface area contributed by atoms with E-state index >= 15 is 0 Å². The number of rotatable bonds is 3. The normalized spacial score (nSPS) is 11.3. The van der Waals surface area contributed by atoms with Gasteiger partial charge in [-0.2, -0.15) is 5.10 Å². The molecule has 0 aliphatic rings. The van der Waals surface area contributed by atoms with E-state index in [2.05, 4.69) is 10.5 Å². The number of aryl methyl sites for hydroxylation is 1. The van der Waals surface area contributed by atoms with Gasteiger partial charge in [-0.05, 0) is 32.4 Å². The van der Waals surface area contributed by atoms with E-state index in [0.717, 1.165) is 17.7 Å². The van der Waals surface area contributed by atoms with Crippen LogP contribution in [-0.4, -0.2) is 11.6 Å². The first-order valence-electron chi connectivity index (χ1n) is 5.03. The average molecular weight is 204 g/mol. The van der Waals surface area contributed by atoms with Crippen LogP contribution in [0, 0.1) is 6.92 Å². The van der Waals surface area contributed by atoms with Gasteiger partial charge < -0.3 is 0 Å². The van der Waals surface area contributed by atoms with Crippen LogP contribution in [0.2, 0.25) is 0 Å². The Kier molecular flexibility index (Phi) is 4.03. The van der Waals surface area contributed by atoms with Gasteiger partial charge in [0.25, 0.3) is 5.91 Å². The summed E-state index contributed by atoms with van der Waals surface area (Å²) >= 11 is 0. The molecule has 1 N–H and O–H groups in total. The van der Waals surface area contributed by atoms with Gasteiger partial charge >= 0.3 is 0 Å². The van der Waals surface area contributed by atoms with E-state index in [1.165, 1.54) is 0 Å². The lowest BCUT2D eigenvalue weighted by molar-refractivity contribution is 0.0954. The molecule has 1 rings (SSSR count). The van der Waals surface area contributed by atoms with Crippen LogP contribution >= 0.6 is 0 Å². The minimum atomic E-state index is -0.164. The molecular weight excluding hydrogens is 188 g/mol. The van der Waals surface area contributed by atoms with E-state index in [1.54, 1.807) is 12.1 Å². The van der Waals surface area contributed by atoms with Gasteiger partial charge in [-0.15, -0.1) is 0 Å². The van der Waals surface area contributed by atoms with E-state index < -0.39 is 0 Å². The number of hydrogen-bond acceptors (Lipinski definition) is 2. The lowest BCUT2D eigenvalue weighted by atomic mass is 10.1. The van der Waals surface area contributed by atoms with E-state index in [0.29, 0.717) is 5.56 Å². The van der Waals surface area contributed by atoms with Crippen molar-refractivity contribution in [1.29, 1.82) is 0 Å². The molecule has 0 fully saturated rings. The molecule has 0 aromatic heterocycles. The van der Waals surface area contributed by atoms with Gasteiger partial charge in [0, 0.05) is 11.3 Å². The Hall–Kier alpha value is -1.64. The van der Waals surface area contributed by atoms with E-state index in [4.69, 9.17) is 0 Å². The number of carbonyl (C=O) groups is 1. The second-order valence-corrected chi connectivity index (χ2v) is 3.51. The Morgan fingerprint density at radius 1 is 1.33 bits per heavy atom. The van der Waals surface area contributed by atoms with Crippen LogP contribution in [0.1, 0.15) is 36.2 Å². The quantitative estimate of drug-likeness (QED) is 0.596. The molecular formula is C12H16N2O. The third kappa shape index (κ3) is 3.54. The van der Waals surface area contributed by atoms with Crippen LogP contribution in [0.5, 0.6) is 0 Å². The minimum Gasteiger partial charge on any atom is -0.267 e. The Balaban J connectivity index is 2.66. The highest BCUT2D eigenvalue weighted by Crippen LogP contribution is 2.02. The maximum atomic E-state index is 11.6. The Morgan fingerprint density at radius 2 is 1.93 bits per heavy atom. The SMILES string of the molecule is CCC(C)=NNC(=O)c1ccc(C)cc1. The first-order chi connectivity index (χ1) is 7.13. The van der Waals surface area contributed by atoms with Crippen molar-refractivity contribution in [1.82, 2.24) is 5.43 Å². The number of hydrogen-bond donors (Lipinski definition) is 1. The molecule has 0 aliphatic carbocycles. The number of nitrogens with one attached hydrogen (secondary N) is 1. The summed E-state index contributed by atoms with van der Waals surface area (Å²) in [5, 5.41) is 3.96. The summed E-state index contributed by atoms with van der Waals surface area (Å²) in [5.74, 6) is -0.164. The second-order valence-electron chi connectivity index (χ2n) is 3.51. The number of amides is 1. The van der Waals surface area contributed by atoms with Gasteiger partial charge in [-0.3, -0.25) is 4.79 Å². The van der Waals surface area contributed by atoms with Crippen LogP contribution in [0.15, 0.2) is 29.4 Å². The maximum absolute atomic E-state index is 11.6. The fourth-order valence-electron chi connectivity index (χ4n) is 0.995. The van der Waals surface area contributed by atoms with E-state index in [1.807, 2.05) is 32.9 Å². The fraction of sp³-hybridized carbons (Fsp3) is 0.333. The Morgan fingerprint density at radius 3 is 2.47 bits per heavy atom. The summed E-state index contributed by atoms with van der Waals surface area (Å²) in [6, 6.07) is 7.40. The topological polar surface area (TPSA) is 41.5 Å². The molecule has 0 saturated carbocycles. The summed E-state index contributed by atoms with van der Waals surface area (Å²) in [6.45, 7) is 5.87. The highest BCUT2D eigenvalue weighted by atomic mass is 16.2. The third-order valence-electron chi connectivity index (χ3n) is 2.17. The second kappa shape index (κ2) is 5.29. The summed E-state index contributed by atoms with van der Waals surface area (Å²) < 4.78 is 0. The number of carbonyl (C=O) groups excluding carboxylic acids is 1. The molecule has 0 bridgehead atoms. The smallest absolute Gasteiger partial charge is 0.267 e. The highest BCUT2D eigenvalue weighted by molar-refractivity contribution is 5.95. The van der Waals surface area contributed by atoms with E-state index in [9.17, 15) is 4.79 Å². The molecule has 0 radical (unpaired) electrons. The molecule has 3 nitrogen and oxygen atoms in total. The van der Waals surface area contributed by atoms with Gasteiger partial charge in [-0.1, -0.05) is 24.6 Å². The molecule has 0 aliphatic heterocycles. The van der Waals surface area contributed by atoms with Gasteiger partial charge in [-0.25, -0.2) is 5.43 Å². The van der Waals surface area contributed by atoms with Crippen molar-refractivity contribution < 1.29 is 4.79 Å². The Labute approximate surface area is 90.2 Å². The summed E-state index contributed by atoms with van der Waals surface area (Å²) in [4.78, 5) is 11.6. The van der Waals surface area contributed by atoms with Crippen LogP contribution in [-0.2, 0) is 0 Å². The summed E-state index contributed by atoms with van der Waals surface area (Å²) in [6.07, 6.45) is 0.841. The molecule has 3 heteroatoms. The zero-order valence-electron chi connectivity index (χ0n) is 9.37. The van der Waals surface area contributed by atoms with Crippen molar-refractivity contribution in [3.8, 4) is 0 Å². The van der Waals surface area contributed by atoms with E-state index in [-0.39, 0.29) is 5.91 Å². The van der Waals surface area contributed by atoms with Gasteiger partial charge in [0.1, 0.15) is 0 Å². The van der Waals surface area contributed by atoms with Crippen molar-refractivity contribution in [2.75, 3.05) is 0 Å². The molecule has 1 aromatic carbocycles. The maximum Gasteiger partial charge on any atom is 0.271 e. The van der Waals surface area contributed by atoms with Crippen molar-refractivity contribution in [3.63, 3.8) is 0 Å². The zero-order valence-corrected chi connectivity index (χ0v) is 9.37. The van der Waals surface area contributed by atoms with Crippen LogP contribution in [0.3, 0.4) is 0 Å². The van der Waals surface area contributed by atoms with Crippen molar-refractivity contribution in [2.45, 2.75) is 27.2 Å². The average Bonchev–Trinajstić information content (AvgIpc) is 2.26. The molecule has 0 unspecified atom stereocenters. The molecule has 15 heavy (non-hydrogen) atoms. The molecule has 1 amide bonds. The first-order valence-corrected chi connectivity index (χ1v) is 5.03. The molecule has 0 spiro atoms. The molecule has 80 valence electrons. The molecule has 1 aromatic rings. The summed E-state index contributed by atoms with van der Waals surface area (Å²) in [7, 11) is 0. The monoisotopic (exact) mass is 204 g/mol. The fourth-order valence-corrected chi connectivity index (χ4v) is 0.995. The molecule has 0 saturated heterocycles. The van der Waals surface area contributed by atoms with Crippen LogP contribution in [0.25, 0.3) is 0 Å². The summed E-state index contributed by atoms with van der Waals surface area (Å²) in [5.41, 5.74) is 5.20. The molecule has 0 atom stereocenters. The first kappa shape index (κ1) is 11.4. The third-order valence-corrected chi connectivity index (χ3v) is 2.17. The van der Waals surface area contributed by atoms with Gasteiger partial charge in [0.2, 0.25) is 0 Å². The minimum absolute atomic E-state index is 0.164. The number of benzene rings is 1. The van der Waals surface area contributed by atoms with Gasteiger partial charge in [0.05, 0.1) is 0 Å². The highest BCUT2D eigenvalue weighted by Gasteiger charge is 2.02. The number of nitrogens with zero attached hydrogens (tertiary/aromatic N) is 1. The lowest BCUT2D eigenvalue weighted by Crippen LogP contribution is -2.18. The van der Waals surface area contributed by atoms with Crippen molar-refractivity contribution in [3.05, 3.63) is 35.4 Å². The predicted octanol–water partition coefficient (Wildman–Crippen LogP) is 2.51. The van der Waals surface area contributed by atoms with Crippen LogP contribution in [0.4, 0.5) is 0 Å². The largest absolute Gasteiger partial charge is 0.271 e. The van der Waals surface area contributed by atoms with Crippen LogP contribution < -0.4 is 5.43 Å². The van der Waals surface area contributed by atoms with Gasteiger partial charge in [0.15, 0.2) is 0 Å².